The number of fused-ring (bicyclic) bond motifs is 1. The van der Waals surface area contributed by atoms with E-state index in [0.29, 0.717) is 17.9 Å². The Morgan fingerprint density at radius 3 is 2.43 bits per heavy atom. The molecule has 160 valence electrons. The van der Waals surface area contributed by atoms with Gasteiger partial charge < -0.3 is 14.4 Å². The largest absolute Gasteiger partial charge is 0.475 e. The van der Waals surface area contributed by atoms with Gasteiger partial charge in [-0.15, -0.1) is 0 Å². The van der Waals surface area contributed by atoms with Crippen molar-refractivity contribution in [3.63, 3.8) is 0 Å². The average Bonchev–Trinajstić information content (AvgIpc) is 2.76. The molecule has 2 aromatic carbocycles. The van der Waals surface area contributed by atoms with E-state index in [-0.39, 0.29) is 23.8 Å². The third-order valence-electron chi connectivity index (χ3n) is 4.87. The second-order valence-electron chi connectivity index (χ2n) is 7.03. The molecule has 0 radical (unpaired) electrons. The number of anilines is 1. The van der Waals surface area contributed by atoms with Gasteiger partial charge in [-0.3, -0.25) is 4.79 Å². The summed E-state index contributed by atoms with van der Waals surface area (Å²) < 4.78 is 35.9. The molecule has 30 heavy (non-hydrogen) atoms. The van der Waals surface area contributed by atoms with Gasteiger partial charge in [0.2, 0.25) is 22.0 Å². The van der Waals surface area contributed by atoms with E-state index >= 15 is 0 Å². The number of hydrogen-bond donors (Lipinski definition) is 0. The van der Waals surface area contributed by atoms with E-state index in [1.807, 2.05) is 0 Å². The van der Waals surface area contributed by atoms with Gasteiger partial charge >= 0.3 is 5.97 Å². The molecule has 9 heteroatoms. The fourth-order valence-electron chi connectivity index (χ4n) is 3.15. The van der Waals surface area contributed by atoms with Crippen molar-refractivity contribution in [1.29, 1.82) is 0 Å². The maximum Gasteiger partial charge on any atom is 0.348 e. The molecule has 1 amide bonds. The van der Waals surface area contributed by atoms with Crippen molar-refractivity contribution in [2.75, 3.05) is 32.6 Å². The van der Waals surface area contributed by atoms with E-state index in [1.165, 1.54) is 38.2 Å². The molecule has 2 aromatic rings. The number of ether oxygens (including phenoxy) is 2. The molecule has 0 fully saturated rings. The minimum atomic E-state index is -3.49. The number of carbonyl (C=O) groups excluding carboxylic acids is 2. The highest BCUT2D eigenvalue weighted by Gasteiger charge is 2.34. The van der Waals surface area contributed by atoms with E-state index < -0.39 is 22.1 Å². The molecule has 0 saturated heterocycles. The van der Waals surface area contributed by atoms with Crippen molar-refractivity contribution in [2.45, 2.75) is 23.8 Å². The molecule has 0 N–H and O–H groups in total. The molecule has 8 nitrogen and oxygen atoms in total. The summed E-state index contributed by atoms with van der Waals surface area (Å²) >= 11 is 0. The van der Waals surface area contributed by atoms with Crippen LogP contribution >= 0.6 is 0 Å². The van der Waals surface area contributed by atoms with Gasteiger partial charge in [0.05, 0.1) is 24.2 Å². The Morgan fingerprint density at radius 2 is 1.80 bits per heavy atom. The minimum absolute atomic E-state index is 0.0720. The quantitative estimate of drug-likeness (QED) is 0.647. The normalized spacial score (nSPS) is 16.0. The van der Waals surface area contributed by atoms with E-state index in [1.54, 1.807) is 36.4 Å². The Bertz CT molecular complexity index is 1030. The van der Waals surface area contributed by atoms with Crippen molar-refractivity contribution >= 4 is 27.6 Å². The first-order valence-corrected chi connectivity index (χ1v) is 10.8. The first-order chi connectivity index (χ1) is 14.2. The molecule has 0 aromatic heterocycles. The molecular formula is C21H24N2O6S. The number of rotatable bonds is 6. The van der Waals surface area contributed by atoms with Crippen LogP contribution in [0.3, 0.4) is 0 Å². The number of esters is 1. The molecule has 0 saturated carbocycles. The van der Waals surface area contributed by atoms with E-state index in [9.17, 15) is 18.0 Å². The van der Waals surface area contributed by atoms with Crippen LogP contribution in [0.4, 0.5) is 5.69 Å². The van der Waals surface area contributed by atoms with Crippen LogP contribution in [0.5, 0.6) is 5.75 Å². The lowest BCUT2D eigenvalue weighted by Crippen LogP contribution is -2.47. The maximum atomic E-state index is 12.9. The van der Waals surface area contributed by atoms with Crippen molar-refractivity contribution in [2.24, 2.45) is 0 Å². The van der Waals surface area contributed by atoms with Crippen LogP contribution in [0.1, 0.15) is 12.0 Å². The number of para-hydroxylation sites is 2. The van der Waals surface area contributed by atoms with Crippen LogP contribution in [0.25, 0.3) is 0 Å². The zero-order valence-electron chi connectivity index (χ0n) is 17.1. The molecule has 0 spiro atoms. The fourth-order valence-corrected chi connectivity index (χ4v) is 4.05. The molecule has 1 aliphatic rings. The molecule has 0 bridgehead atoms. The van der Waals surface area contributed by atoms with Crippen molar-refractivity contribution < 1.29 is 27.5 Å². The highest BCUT2D eigenvalue weighted by atomic mass is 32.2. The molecule has 1 atom stereocenters. The predicted molar refractivity (Wildman–Crippen MR) is 111 cm³/mol. The summed E-state index contributed by atoms with van der Waals surface area (Å²) in [6, 6.07) is 13.5. The number of nitrogens with zero attached hydrogens (tertiary/aromatic N) is 2. The lowest BCUT2D eigenvalue weighted by molar-refractivity contribution is -0.148. The van der Waals surface area contributed by atoms with Crippen molar-refractivity contribution in [3.05, 3.63) is 54.1 Å². The highest BCUT2D eigenvalue weighted by molar-refractivity contribution is 7.89. The molecule has 3 rings (SSSR count). The minimum Gasteiger partial charge on any atom is -0.475 e. The molecule has 1 unspecified atom stereocenters. The predicted octanol–water partition coefficient (Wildman–Crippen LogP) is 1.84. The number of aryl methyl sites for hydroxylation is 1. The van der Waals surface area contributed by atoms with Crippen molar-refractivity contribution in [1.82, 2.24) is 4.31 Å². The summed E-state index contributed by atoms with van der Waals surface area (Å²) in [7, 11) is 0.736. The fraction of sp³-hybridized carbons (Fsp3) is 0.333. The summed E-state index contributed by atoms with van der Waals surface area (Å²) in [5.41, 5.74) is 1.45. The van der Waals surface area contributed by atoms with Crippen LogP contribution in [0, 0.1) is 0 Å². The van der Waals surface area contributed by atoms with Gasteiger partial charge in [0.1, 0.15) is 5.75 Å². The standard InChI is InChI=1S/C21H24N2O6S/c1-22(2)30(26,27)16-11-8-15(9-12-16)10-13-20(24)23-14-19(21(25)28-3)29-18-7-5-4-6-17(18)23/h4-9,11-12,19H,10,13-14H2,1-3H3. The first kappa shape index (κ1) is 21.8. The third-order valence-corrected chi connectivity index (χ3v) is 6.70. The molecular weight excluding hydrogens is 408 g/mol. The SMILES string of the molecule is COC(=O)C1CN(C(=O)CCc2ccc(S(=O)(=O)N(C)C)cc2)c2ccccc2O1. The summed E-state index contributed by atoms with van der Waals surface area (Å²) in [4.78, 5) is 26.6. The first-order valence-electron chi connectivity index (χ1n) is 9.39. The highest BCUT2D eigenvalue weighted by Crippen LogP contribution is 2.34. The zero-order chi connectivity index (χ0) is 21.9. The maximum absolute atomic E-state index is 12.9. The van der Waals surface area contributed by atoms with Crippen LogP contribution in [0.15, 0.2) is 53.4 Å². The van der Waals surface area contributed by atoms with Gasteiger partial charge in [-0.05, 0) is 36.2 Å². The lowest BCUT2D eigenvalue weighted by atomic mass is 10.1. The van der Waals surface area contributed by atoms with E-state index in [4.69, 9.17) is 9.47 Å². The zero-order valence-corrected chi connectivity index (χ0v) is 17.9. The van der Waals surface area contributed by atoms with Gasteiger partial charge in [-0.25, -0.2) is 17.5 Å². The van der Waals surface area contributed by atoms with Gasteiger partial charge in [0, 0.05) is 20.5 Å². The molecule has 1 aliphatic heterocycles. The Kier molecular flexibility index (Phi) is 6.42. The number of amides is 1. The van der Waals surface area contributed by atoms with E-state index in [2.05, 4.69) is 0 Å². The number of hydrogen-bond acceptors (Lipinski definition) is 6. The van der Waals surface area contributed by atoms with Crippen LogP contribution in [0.2, 0.25) is 0 Å². The lowest BCUT2D eigenvalue weighted by Gasteiger charge is -2.33. The Hall–Kier alpha value is -2.91. The van der Waals surface area contributed by atoms with E-state index in [0.717, 1.165) is 9.87 Å². The second kappa shape index (κ2) is 8.85. The number of carbonyl (C=O) groups is 2. The molecule has 0 aliphatic carbocycles. The molecule has 1 heterocycles. The van der Waals surface area contributed by atoms with Crippen LogP contribution in [-0.2, 0) is 30.8 Å². The second-order valence-corrected chi connectivity index (χ2v) is 9.18. The topological polar surface area (TPSA) is 93.2 Å². The van der Waals surface area contributed by atoms with Crippen LogP contribution in [-0.4, -0.2) is 58.5 Å². The summed E-state index contributed by atoms with van der Waals surface area (Å²) in [6.45, 7) is 0.0720. The van der Waals surface area contributed by atoms with Crippen molar-refractivity contribution in [3.8, 4) is 5.75 Å². The number of benzene rings is 2. The Labute approximate surface area is 176 Å². The Balaban J connectivity index is 1.72. The van der Waals surface area contributed by atoms with Gasteiger partial charge in [-0.2, -0.15) is 0 Å². The summed E-state index contributed by atoms with van der Waals surface area (Å²) in [5, 5.41) is 0. The third kappa shape index (κ3) is 4.47. The smallest absolute Gasteiger partial charge is 0.348 e. The van der Waals surface area contributed by atoms with Crippen LogP contribution < -0.4 is 9.64 Å². The van der Waals surface area contributed by atoms with Gasteiger partial charge in [0.25, 0.3) is 0 Å². The number of methoxy groups -OCH3 is 1. The van der Waals surface area contributed by atoms with Gasteiger partial charge in [-0.1, -0.05) is 24.3 Å². The van der Waals surface area contributed by atoms with Gasteiger partial charge in [0.15, 0.2) is 0 Å². The Morgan fingerprint density at radius 1 is 1.13 bits per heavy atom. The monoisotopic (exact) mass is 432 g/mol. The number of sulfonamides is 1. The average molecular weight is 432 g/mol. The summed E-state index contributed by atoms with van der Waals surface area (Å²) in [6.07, 6.45) is -0.254. The summed E-state index contributed by atoms with van der Waals surface area (Å²) in [5.74, 6) is -0.254.